The second-order valence-electron chi connectivity index (χ2n) is 4.09. The minimum absolute atomic E-state index is 0.146. The highest BCUT2D eigenvalue weighted by atomic mass is 79.9. The van der Waals surface area contributed by atoms with Gasteiger partial charge in [0.2, 0.25) is 0 Å². The number of methoxy groups -OCH3 is 1. The van der Waals surface area contributed by atoms with Crippen molar-refractivity contribution in [3.05, 3.63) is 22.7 Å². The molecule has 2 rings (SSSR count). The number of nitrogens with zero attached hydrogens (tertiary/aromatic N) is 1. The molecule has 0 radical (unpaired) electrons. The van der Waals surface area contributed by atoms with Gasteiger partial charge in [0.1, 0.15) is 5.75 Å². The van der Waals surface area contributed by atoms with Crippen LogP contribution >= 0.6 is 15.9 Å². The average Bonchev–Trinajstić information content (AvgIpc) is 3.07. The molecular formula is C12H13BrN2O. The predicted molar refractivity (Wildman–Crippen MR) is 66.5 cm³/mol. The van der Waals surface area contributed by atoms with E-state index in [-0.39, 0.29) is 5.41 Å². The molecule has 0 spiro atoms. The molecule has 1 aliphatic carbocycles. The lowest BCUT2D eigenvalue weighted by Gasteiger charge is -2.13. The van der Waals surface area contributed by atoms with E-state index in [2.05, 4.69) is 27.3 Å². The van der Waals surface area contributed by atoms with Crippen LogP contribution in [0.1, 0.15) is 12.8 Å². The highest BCUT2D eigenvalue weighted by Crippen LogP contribution is 2.45. The van der Waals surface area contributed by atoms with Crippen molar-refractivity contribution in [1.29, 1.82) is 5.26 Å². The van der Waals surface area contributed by atoms with Gasteiger partial charge in [-0.2, -0.15) is 5.26 Å². The maximum absolute atomic E-state index is 8.99. The van der Waals surface area contributed by atoms with Crippen LogP contribution in [0.15, 0.2) is 22.7 Å². The number of nitrogens with one attached hydrogen (secondary N) is 1. The minimum Gasteiger partial charge on any atom is -0.495 e. The first-order valence-corrected chi connectivity index (χ1v) is 5.97. The van der Waals surface area contributed by atoms with Crippen LogP contribution in [0.2, 0.25) is 0 Å². The van der Waals surface area contributed by atoms with Crippen LogP contribution in [0.5, 0.6) is 5.75 Å². The van der Waals surface area contributed by atoms with E-state index in [1.807, 2.05) is 18.2 Å². The fourth-order valence-corrected chi connectivity index (χ4v) is 1.92. The normalized spacial score (nSPS) is 16.3. The summed E-state index contributed by atoms with van der Waals surface area (Å²) in [4.78, 5) is 0. The second kappa shape index (κ2) is 4.34. The fraction of sp³-hybridized carbons (Fsp3) is 0.417. The molecule has 0 aliphatic heterocycles. The van der Waals surface area contributed by atoms with Gasteiger partial charge in [0.15, 0.2) is 0 Å². The molecule has 0 unspecified atom stereocenters. The van der Waals surface area contributed by atoms with Crippen LogP contribution in [0.25, 0.3) is 0 Å². The molecule has 1 aromatic carbocycles. The van der Waals surface area contributed by atoms with Crippen LogP contribution in [0.3, 0.4) is 0 Å². The zero-order chi connectivity index (χ0) is 11.6. The Hall–Kier alpha value is -1.21. The Kier molecular flexibility index (Phi) is 3.06. The third kappa shape index (κ3) is 2.30. The van der Waals surface area contributed by atoms with Gasteiger partial charge >= 0.3 is 0 Å². The number of benzene rings is 1. The van der Waals surface area contributed by atoms with Gasteiger partial charge in [-0.25, -0.2) is 0 Å². The van der Waals surface area contributed by atoms with E-state index in [1.54, 1.807) is 7.11 Å². The molecule has 0 amide bonds. The largest absolute Gasteiger partial charge is 0.495 e. The average molecular weight is 281 g/mol. The number of hydrogen-bond acceptors (Lipinski definition) is 3. The Balaban J connectivity index is 2.09. The molecule has 1 fully saturated rings. The Morgan fingerprint density at radius 1 is 1.56 bits per heavy atom. The Morgan fingerprint density at radius 2 is 2.31 bits per heavy atom. The summed E-state index contributed by atoms with van der Waals surface area (Å²) >= 11 is 3.42. The van der Waals surface area contributed by atoms with E-state index in [0.29, 0.717) is 6.54 Å². The van der Waals surface area contributed by atoms with E-state index in [0.717, 1.165) is 28.8 Å². The zero-order valence-electron chi connectivity index (χ0n) is 9.09. The molecule has 0 heterocycles. The summed E-state index contributed by atoms with van der Waals surface area (Å²) in [5, 5.41) is 12.3. The highest BCUT2D eigenvalue weighted by molar-refractivity contribution is 9.10. The van der Waals surface area contributed by atoms with Crippen molar-refractivity contribution in [2.75, 3.05) is 19.0 Å². The highest BCUT2D eigenvalue weighted by Gasteiger charge is 2.42. The fourth-order valence-electron chi connectivity index (χ4n) is 1.56. The van der Waals surface area contributed by atoms with E-state index >= 15 is 0 Å². The summed E-state index contributed by atoms with van der Waals surface area (Å²) in [6.07, 6.45) is 1.99. The van der Waals surface area contributed by atoms with E-state index < -0.39 is 0 Å². The maximum Gasteiger partial charge on any atom is 0.142 e. The summed E-state index contributed by atoms with van der Waals surface area (Å²) in [6, 6.07) is 8.16. The molecule has 1 aliphatic rings. The Labute approximate surface area is 104 Å². The lowest BCUT2D eigenvalue weighted by molar-refractivity contribution is 0.416. The molecule has 0 bridgehead atoms. The van der Waals surface area contributed by atoms with Crippen LogP contribution < -0.4 is 10.1 Å². The summed E-state index contributed by atoms with van der Waals surface area (Å²) in [6.45, 7) is 0.691. The number of rotatable bonds is 4. The summed E-state index contributed by atoms with van der Waals surface area (Å²) in [5.74, 6) is 0.803. The molecule has 0 aromatic heterocycles. The molecule has 1 aromatic rings. The first-order valence-electron chi connectivity index (χ1n) is 5.18. The molecule has 1 N–H and O–H groups in total. The lowest BCUT2D eigenvalue weighted by atomic mass is 10.1. The van der Waals surface area contributed by atoms with Gasteiger partial charge in [-0.05, 0) is 31.0 Å². The topological polar surface area (TPSA) is 45.0 Å². The molecule has 16 heavy (non-hydrogen) atoms. The van der Waals surface area contributed by atoms with Crippen LogP contribution in [0.4, 0.5) is 5.69 Å². The molecule has 0 saturated heterocycles. The van der Waals surface area contributed by atoms with Gasteiger partial charge < -0.3 is 10.1 Å². The van der Waals surface area contributed by atoms with Crippen LogP contribution in [0, 0.1) is 16.7 Å². The van der Waals surface area contributed by atoms with E-state index in [1.165, 1.54) is 0 Å². The first-order chi connectivity index (χ1) is 7.69. The van der Waals surface area contributed by atoms with Gasteiger partial charge in [-0.3, -0.25) is 0 Å². The van der Waals surface area contributed by atoms with Crippen LogP contribution in [-0.4, -0.2) is 13.7 Å². The standard InChI is InChI=1S/C12H13BrN2O/c1-16-11-3-2-9(13)6-10(11)15-8-12(7-14)4-5-12/h2-3,6,15H,4-5,8H2,1H3. The SMILES string of the molecule is COc1ccc(Br)cc1NCC1(C#N)CC1. The third-order valence-electron chi connectivity index (χ3n) is 2.87. The summed E-state index contributed by atoms with van der Waals surface area (Å²) in [5.41, 5.74) is 0.784. The Morgan fingerprint density at radius 3 is 2.88 bits per heavy atom. The first kappa shape index (κ1) is 11.3. The third-order valence-corrected chi connectivity index (χ3v) is 3.36. The smallest absolute Gasteiger partial charge is 0.142 e. The molecule has 4 heteroatoms. The summed E-state index contributed by atoms with van der Waals surface area (Å²) in [7, 11) is 1.64. The number of anilines is 1. The quantitative estimate of drug-likeness (QED) is 0.922. The Bertz CT molecular complexity index is 435. The van der Waals surface area contributed by atoms with Crippen molar-refractivity contribution in [2.24, 2.45) is 5.41 Å². The van der Waals surface area contributed by atoms with Crippen molar-refractivity contribution in [1.82, 2.24) is 0 Å². The van der Waals surface area contributed by atoms with Gasteiger partial charge in [0, 0.05) is 11.0 Å². The van der Waals surface area contributed by atoms with Crippen molar-refractivity contribution < 1.29 is 4.74 Å². The molecular weight excluding hydrogens is 268 g/mol. The molecule has 3 nitrogen and oxygen atoms in total. The van der Waals surface area contributed by atoms with Crippen molar-refractivity contribution in [2.45, 2.75) is 12.8 Å². The number of nitriles is 1. The van der Waals surface area contributed by atoms with E-state index in [9.17, 15) is 0 Å². The summed E-state index contributed by atoms with van der Waals surface area (Å²) < 4.78 is 6.25. The lowest BCUT2D eigenvalue weighted by Crippen LogP contribution is -2.13. The minimum atomic E-state index is -0.146. The molecule has 84 valence electrons. The number of hydrogen-bond donors (Lipinski definition) is 1. The van der Waals surface area contributed by atoms with Gasteiger partial charge in [-0.15, -0.1) is 0 Å². The molecule has 0 atom stereocenters. The van der Waals surface area contributed by atoms with Crippen LogP contribution in [-0.2, 0) is 0 Å². The second-order valence-corrected chi connectivity index (χ2v) is 5.01. The number of ether oxygens (including phenoxy) is 1. The van der Waals surface area contributed by atoms with Gasteiger partial charge in [-0.1, -0.05) is 15.9 Å². The van der Waals surface area contributed by atoms with E-state index in [4.69, 9.17) is 10.00 Å². The predicted octanol–water partition coefficient (Wildman–Crippen LogP) is 3.17. The zero-order valence-corrected chi connectivity index (χ0v) is 10.7. The monoisotopic (exact) mass is 280 g/mol. The molecule has 1 saturated carbocycles. The maximum atomic E-state index is 8.99. The van der Waals surface area contributed by atoms with Crippen molar-refractivity contribution in [3.8, 4) is 11.8 Å². The van der Waals surface area contributed by atoms with Crippen molar-refractivity contribution >= 4 is 21.6 Å². The van der Waals surface area contributed by atoms with Crippen molar-refractivity contribution in [3.63, 3.8) is 0 Å². The van der Waals surface area contributed by atoms with Gasteiger partial charge in [0.05, 0.1) is 24.3 Å². The number of halogens is 1. The van der Waals surface area contributed by atoms with Gasteiger partial charge in [0.25, 0.3) is 0 Å².